The molecule has 11 heteroatoms. The molecule has 1 fully saturated rings. The maximum Gasteiger partial charge on any atom is 0.418 e. The summed E-state index contributed by atoms with van der Waals surface area (Å²) in [5.74, 6) is -1.19. The lowest BCUT2D eigenvalue weighted by molar-refractivity contribution is -0.137. The summed E-state index contributed by atoms with van der Waals surface area (Å²) in [6.07, 6.45) is -4.93. The summed E-state index contributed by atoms with van der Waals surface area (Å²) in [6.45, 7) is 1.73. The number of carbonyl (C=O) groups is 2. The fraction of sp³-hybridized carbons (Fsp3) is 0.200. The lowest BCUT2D eigenvalue weighted by Crippen LogP contribution is -2.28. The third kappa shape index (κ3) is 6.08. The molecule has 3 rings (SSSR count). The van der Waals surface area contributed by atoms with Gasteiger partial charge >= 0.3 is 6.18 Å². The minimum Gasteiger partial charge on any atom is -0.325 e. The Morgan fingerprint density at radius 3 is 2.55 bits per heavy atom. The first-order valence-corrected chi connectivity index (χ1v) is 10.2. The molecule has 2 aromatic rings. The molecule has 1 atom stereocenters. The smallest absolute Gasteiger partial charge is 0.325 e. The second-order valence-corrected chi connectivity index (χ2v) is 8.12. The first kappa shape index (κ1) is 22.8. The molecule has 2 N–H and O–H groups in total. The van der Waals surface area contributed by atoms with Gasteiger partial charge in [-0.25, -0.2) is 0 Å². The Kier molecular flexibility index (Phi) is 7.01. The van der Waals surface area contributed by atoms with Crippen molar-refractivity contribution in [3.63, 3.8) is 0 Å². The van der Waals surface area contributed by atoms with Crippen LogP contribution in [0.5, 0.6) is 0 Å². The summed E-state index contributed by atoms with van der Waals surface area (Å²) in [7, 11) is 0. The van der Waals surface area contributed by atoms with Gasteiger partial charge in [-0.15, -0.1) is 5.10 Å². The quantitative estimate of drug-likeness (QED) is 0.493. The van der Waals surface area contributed by atoms with Gasteiger partial charge < -0.3 is 10.6 Å². The van der Waals surface area contributed by atoms with Crippen molar-refractivity contribution in [2.24, 2.45) is 10.2 Å². The molecule has 2 amide bonds. The highest BCUT2D eigenvalue weighted by atomic mass is 35.5. The van der Waals surface area contributed by atoms with E-state index >= 15 is 0 Å². The van der Waals surface area contributed by atoms with Gasteiger partial charge in [-0.05, 0) is 36.8 Å². The van der Waals surface area contributed by atoms with Gasteiger partial charge in [0.1, 0.15) is 5.25 Å². The number of carbonyl (C=O) groups excluding carboxylic acids is 2. The summed E-state index contributed by atoms with van der Waals surface area (Å²) >= 11 is 6.83. The normalized spacial score (nSPS) is 18.2. The van der Waals surface area contributed by atoms with E-state index < -0.39 is 28.8 Å². The first-order chi connectivity index (χ1) is 14.6. The topological polar surface area (TPSA) is 82.9 Å². The number of benzene rings is 2. The Bertz CT molecular complexity index is 1060. The van der Waals surface area contributed by atoms with E-state index in [2.05, 4.69) is 20.8 Å². The second kappa shape index (κ2) is 9.52. The summed E-state index contributed by atoms with van der Waals surface area (Å²) in [6, 6.07) is 11.6. The van der Waals surface area contributed by atoms with Gasteiger partial charge in [-0.1, -0.05) is 47.6 Å². The number of para-hydroxylation sites is 1. The number of thioether (sulfide) groups is 1. The van der Waals surface area contributed by atoms with Crippen molar-refractivity contribution in [2.75, 3.05) is 5.32 Å². The van der Waals surface area contributed by atoms with E-state index in [1.165, 1.54) is 12.1 Å². The molecule has 1 aliphatic rings. The summed E-state index contributed by atoms with van der Waals surface area (Å²) in [5, 5.41) is 12.7. The zero-order valence-electron chi connectivity index (χ0n) is 16.0. The van der Waals surface area contributed by atoms with E-state index in [4.69, 9.17) is 11.6 Å². The highest BCUT2D eigenvalue weighted by Crippen LogP contribution is 2.34. The average Bonchev–Trinajstić information content (AvgIpc) is 3.05. The average molecular weight is 469 g/mol. The SMILES string of the molecule is C/C(=N/N=C1\NC(=O)[C@@H](CC(=O)Nc2ccccc2C(F)(F)F)S1)c1ccc(Cl)cc1. The molecule has 0 unspecified atom stereocenters. The standard InChI is InChI=1S/C20H16ClF3N4O2S/c1-11(12-6-8-13(21)9-7-12)27-28-19-26-18(30)16(31-19)10-17(29)25-15-5-3-2-4-14(15)20(22,23)24/h2-9,16H,10H2,1H3,(H,25,29)(H,26,28,30)/b27-11-/t16-/m1/s1. The number of alkyl halides is 3. The molecule has 1 heterocycles. The summed E-state index contributed by atoms with van der Waals surface area (Å²) < 4.78 is 39.2. The van der Waals surface area contributed by atoms with Crippen LogP contribution in [0.4, 0.5) is 18.9 Å². The molecule has 0 radical (unpaired) electrons. The van der Waals surface area contributed by atoms with Crippen molar-refractivity contribution in [3.8, 4) is 0 Å². The van der Waals surface area contributed by atoms with Crippen LogP contribution in [0.1, 0.15) is 24.5 Å². The maximum atomic E-state index is 13.1. The first-order valence-electron chi connectivity index (χ1n) is 8.95. The summed E-state index contributed by atoms with van der Waals surface area (Å²) in [5.41, 5.74) is 0.0629. The van der Waals surface area contributed by atoms with Crippen molar-refractivity contribution >= 4 is 51.7 Å². The summed E-state index contributed by atoms with van der Waals surface area (Å²) in [4.78, 5) is 24.3. The molecule has 31 heavy (non-hydrogen) atoms. The lowest BCUT2D eigenvalue weighted by atomic mass is 10.1. The fourth-order valence-corrected chi connectivity index (χ4v) is 3.71. The zero-order valence-corrected chi connectivity index (χ0v) is 17.6. The van der Waals surface area contributed by atoms with Crippen LogP contribution in [-0.2, 0) is 15.8 Å². The van der Waals surface area contributed by atoms with E-state index in [1.807, 2.05) is 0 Å². The number of nitrogens with one attached hydrogen (secondary N) is 2. The molecule has 0 aliphatic carbocycles. The third-order valence-electron chi connectivity index (χ3n) is 4.21. The molecule has 0 aromatic heterocycles. The second-order valence-electron chi connectivity index (χ2n) is 6.49. The van der Waals surface area contributed by atoms with Crippen molar-refractivity contribution in [3.05, 3.63) is 64.7 Å². The van der Waals surface area contributed by atoms with E-state index in [0.717, 1.165) is 29.5 Å². The number of halogens is 4. The molecule has 0 spiro atoms. The number of rotatable bonds is 5. The number of hydrogen-bond acceptors (Lipinski definition) is 5. The number of amides is 2. The molecule has 6 nitrogen and oxygen atoms in total. The minimum atomic E-state index is -4.61. The Hall–Kier alpha value is -2.85. The van der Waals surface area contributed by atoms with Crippen LogP contribution in [0.3, 0.4) is 0 Å². The van der Waals surface area contributed by atoms with E-state index in [9.17, 15) is 22.8 Å². The van der Waals surface area contributed by atoms with Crippen LogP contribution in [0.2, 0.25) is 5.02 Å². The number of anilines is 1. The largest absolute Gasteiger partial charge is 0.418 e. The lowest BCUT2D eigenvalue weighted by Gasteiger charge is -2.14. The molecule has 2 aromatic carbocycles. The molecule has 1 aliphatic heterocycles. The van der Waals surface area contributed by atoms with Gasteiger partial charge in [-0.3, -0.25) is 9.59 Å². The predicted octanol–water partition coefficient (Wildman–Crippen LogP) is 4.70. The van der Waals surface area contributed by atoms with Gasteiger partial charge in [0.2, 0.25) is 11.8 Å². The monoisotopic (exact) mass is 468 g/mol. The maximum absolute atomic E-state index is 13.1. The van der Waals surface area contributed by atoms with Crippen LogP contribution in [0.25, 0.3) is 0 Å². The van der Waals surface area contributed by atoms with Crippen molar-refractivity contribution < 1.29 is 22.8 Å². The van der Waals surface area contributed by atoms with Crippen LogP contribution in [0.15, 0.2) is 58.7 Å². The predicted molar refractivity (Wildman–Crippen MR) is 115 cm³/mol. The Morgan fingerprint density at radius 1 is 1.19 bits per heavy atom. The van der Waals surface area contributed by atoms with Gasteiger partial charge in [0.05, 0.1) is 17.0 Å². The number of amidine groups is 1. The van der Waals surface area contributed by atoms with E-state index in [1.54, 1.807) is 31.2 Å². The van der Waals surface area contributed by atoms with Gasteiger partial charge in [0.25, 0.3) is 0 Å². The molecular formula is C20H16ClF3N4O2S. The Labute approximate surface area is 185 Å². The van der Waals surface area contributed by atoms with Gasteiger partial charge in [0, 0.05) is 11.4 Å². The molecular weight excluding hydrogens is 453 g/mol. The van der Waals surface area contributed by atoms with Crippen LogP contribution < -0.4 is 10.6 Å². The number of nitrogens with zero attached hydrogens (tertiary/aromatic N) is 2. The van der Waals surface area contributed by atoms with E-state index in [0.29, 0.717) is 10.7 Å². The highest BCUT2D eigenvalue weighted by Gasteiger charge is 2.35. The Balaban J connectivity index is 1.63. The number of hydrogen-bond donors (Lipinski definition) is 2. The van der Waals surface area contributed by atoms with Crippen molar-refractivity contribution in [2.45, 2.75) is 24.8 Å². The molecule has 1 saturated heterocycles. The fourth-order valence-electron chi connectivity index (χ4n) is 2.66. The van der Waals surface area contributed by atoms with Crippen molar-refractivity contribution in [1.29, 1.82) is 0 Å². The van der Waals surface area contributed by atoms with Crippen LogP contribution >= 0.6 is 23.4 Å². The highest BCUT2D eigenvalue weighted by molar-refractivity contribution is 8.15. The molecule has 162 valence electrons. The molecule has 0 saturated carbocycles. The molecule has 0 bridgehead atoms. The third-order valence-corrected chi connectivity index (χ3v) is 5.53. The van der Waals surface area contributed by atoms with E-state index in [-0.39, 0.29) is 17.3 Å². The Morgan fingerprint density at radius 2 is 1.87 bits per heavy atom. The van der Waals surface area contributed by atoms with Crippen molar-refractivity contribution in [1.82, 2.24) is 5.32 Å². The van der Waals surface area contributed by atoms with Crippen LogP contribution in [-0.4, -0.2) is 27.9 Å². The minimum absolute atomic E-state index is 0.201. The van der Waals surface area contributed by atoms with Gasteiger partial charge in [0.15, 0.2) is 5.17 Å². The zero-order chi connectivity index (χ0) is 22.6. The van der Waals surface area contributed by atoms with Gasteiger partial charge in [-0.2, -0.15) is 18.3 Å². The van der Waals surface area contributed by atoms with Crippen LogP contribution in [0, 0.1) is 0 Å².